The zero-order valence-electron chi connectivity index (χ0n) is 17.1. The Labute approximate surface area is 166 Å². The zero-order valence-corrected chi connectivity index (χ0v) is 17.1. The number of piperazine rings is 1. The molecule has 1 fully saturated rings. The normalized spacial score (nSPS) is 15.5. The lowest BCUT2D eigenvalue weighted by Gasteiger charge is -2.35. The van der Waals surface area contributed by atoms with Crippen molar-refractivity contribution in [3.05, 3.63) is 64.7 Å². The summed E-state index contributed by atoms with van der Waals surface area (Å²) in [4.78, 5) is 28.8. The lowest BCUT2D eigenvalue weighted by molar-refractivity contribution is -0.149. The van der Waals surface area contributed by atoms with Crippen LogP contribution in [-0.2, 0) is 16.1 Å². The molecule has 0 spiro atoms. The lowest BCUT2D eigenvalue weighted by Crippen LogP contribution is -2.54. The second-order valence-corrected chi connectivity index (χ2v) is 7.59. The highest BCUT2D eigenvalue weighted by atomic mass is 16.5. The lowest BCUT2D eigenvalue weighted by atomic mass is 10.1. The van der Waals surface area contributed by atoms with Crippen molar-refractivity contribution in [3.8, 4) is 5.75 Å². The zero-order chi connectivity index (χ0) is 20.3. The number of carbonyl (C=O) groups is 2. The fourth-order valence-corrected chi connectivity index (χ4v) is 3.43. The summed E-state index contributed by atoms with van der Waals surface area (Å²) in [6.45, 7) is 9.48. The van der Waals surface area contributed by atoms with E-state index in [1.54, 1.807) is 11.8 Å². The minimum Gasteiger partial charge on any atom is -0.481 e. The molecule has 1 unspecified atom stereocenters. The van der Waals surface area contributed by atoms with Crippen molar-refractivity contribution >= 4 is 11.8 Å². The molecule has 0 aromatic heterocycles. The van der Waals surface area contributed by atoms with Gasteiger partial charge in [-0.3, -0.25) is 9.59 Å². The van der Waals surface area contributed by atoms with Gasteiger partial charge in [0, 0.05) is 19.6 Å². The van der Waals surface area contributed by atoms with E-state index in [2.05, 4.69) is 6.07 Å². The highest BCUT2D eigenvalue weighted by Crippen LogP contribution is 2.21. The van der Waals surface area contributed by atoms with Crippen molar-refractivity contribution in [2.45, 2.75) is 40.3 Å². The molecule has 3 rings (SSSR count). The van der Waals surface area contributed by atoms with Crippen LogP contribution in [0.1, 0.15) is 29.2 Å². The third kappa shape index (κ3) is 4.71. The van der Waals surface area contributed by atoms with E-state index >= 15 is 0 Å². The molecule has 0 aliphatic carbocycles. The predicted molar refractivity (Wildman–Crippen MR) is 109 cm³/mol. The summed E-state index contributed by atoms with van der Waals surface area (Å²) in [6.07, 6.45) is -0.628. The maximum Gasteiger partial charge on any atom is 0.263 e. The molecule has 1 aliphatic rings. The smallest absolute Gasteiger partial charge is 0.263 e. The van der Waals surface area contributed by atoms with E-state index in [0.29, 0.717) is 25.4 Å². The van der Waals surface area contributed by atoms with Gasteiger partial charge in [-0.1, -0.05) is 42.0 Å². The van der Waals surface area contributed by atoms with E-state index in [9.17, 15) is 9.59 Å². The highest BCUT2D eigenvalue weighted by molar-refractivity contribution is 5.88. The van der Waals surface area contributed by atoms with Crippen LogP contribution in [0.2, 0.25) is 0 Å². The molecule has 1 heterocycles. The van der Waals surface area contributed by atoms with Gasteiger partial charge in [0.2, 0.25) is 5.91 Å². The number of carbonyl (C=O) groups excluding carboxylic acids is 2. The first-order valence-corrected chi connectivity index (χ1v) is 9.69. The van der Waals surface area contributed by atoms with Crippen LogP contribution in [0.25, 0.3) is 0 Å². The second-order valence-electron chi connectivity index (χ2n) is 7.59. The Balaban J connectivity index is 1.59. The van der Waals surface area contributed by atoms with E-state index < -0.39 is 6.10 Å². The predicted octanol–water partition coefficient (Wildman–Crippen LogP) is 3.25. The minimum absolute atomic E-state index is 0.0277. The van der Waals surface area contributed by atoms with Gasteiger partial charge in [0.25, 0.3) is 5.91 Å². The Hall–Kier alpha value is -2.82. The van der Waals surface area contributed by atoms with Gasteiger partial charge in [-0.25, -0.2) is 0 Å². The quantitative estimate of drug-likeness (QED) is 0.800. The summed E-state index contributed by atoms with van der Waals surface area (Å²) in [6, 6.07) is 14.1. The van der Waals surface area contributed by atoms with Crippen molar-refractivity contribution in [1.82, 2.24) is 9.80 Å². The van der Waals surface area contributed by atoms with Crippen LogP contribution in [0.5, 0.6) is 5.75 Å². The third-order valence-electron chi connectivity index (χ3n) is 5.08. The van der Waals surface area contributed by atoms with E-state index in [1.165, 1.54) is 5.56 Å². The number of rotatable bonds is 5. The maximum atomic E-state index is 12.8. The van der Waals surface area contributed by atoms with Gasteiger partial charge in [-0.15, -0.1) is 0 Å². The summed E-state index contributed by atoms with van der Waals surface area (Å²) < 4.78 is 5.90. The topological polar surface area (TPSA) is 49.9 Å². The Bertz CT molecular complexity index is 878. The van der Waals surface area contributed by atoms with Crippen molar-refractivity contribution < 1.29 is 14.3 Å². The molecule has 1 aliphatic heterocycles. The van der Waals surface area contributed by atoms with Crippen LogP contribution in [0, 0.1) is 20.8 Å². The Morgan fingerprint density at radius 3 is 2.54 bits per heavy atom. The largest absolute Gasteiger partial charge is 0.481 e. The first-order valence-electron chi connectivity index (χ1n) is 9.69. The van der Waals surface area contributed by atoms with Gasteiger partial charge in [-0.2, -0.15) is 0 Å². The molecule has 28 heavy (non-hydrogen) atoms. The van der Waals surface area contributed by atoms with E-state index in [0.717, 1.165) is 16.7 Å². The maximum absolute atomic E-state index is 12.8. The molecule has 5 heteroatoms. The molecule has 0 radical (unpaired) electrons. The van der Waals surface area contributed by atoms with Crippen molar-refractivity contribution in [1.29, 1.82) is 0 Å². The van der Waals surface area contributed by atoms with Gasteiger partial charge in [0.05, 0.1) is 6.54 Å². The van der Waals surface area contributed by atoms with Crippen LogP contribution in [0.4, 0.5) is 0 Å². The average Bonchev–Trinajstić information content (AvgIpc) is 2.65. The summed E-state index contributed by atoms with van der Waals surface area (Å²) in [5.74, 6) is 0.537. The third-order valence-corrected chi connectivity index (χ3v) is 5.08. The number of hydrogen-bond acceptors (Lipinski definition) is 3. The van der Waals surface area contributed by atoms with E-state index in [-0.39, 0.29) is 18.4 Å². The van der Waals surface area contributed by atoms with Gasteiger partial charge < -0.3 is 14.5 Å². The molecule has 2 aromatic carbocycles. The number of ether oxygens (including phenoxy) is 1. The first kappa shape index (κ1) is 19.9. The molecule has 5 nitrogen and oxygen atoms in total. The van der Waals surface area contributed by atoms with Crippen molar-refractivity contribution in [3.63, 3.8) is 0 Å². The van der Waals surface area contributed by atoms with Crippen molar-refractivity contribution in [2.75, 3.05) is 19.6 Å². The van der Waals surface area contributed by atoms with Crippen LogP contribution in [-0.4, -0.2) is 47.4 Å². The molecule has 1 saturated heterocycles. The average molecular weight is 380 g/mol. The molecular weight excluding hydrogens is 352 g/mol. The number of aryl methyl sites for hydroxylation is 3. The number of benzene rings is 2. The van der Waals surface area contributed by atoms with E-state index in [4.69, 9.17) is 4.74 Å². The Kier molecular flexibility index (Phi) is 6.02. The monoisotopic (exact) mass is 380 g/mol. The second kappa shape index (κ2) is 8.46. The molecule has 0 N–H and O–H groups in total. The standard InChI is InChI=1S/C23H28N2O3/c1-16-6-5-7-20(12-16)14-24-10-11-25(15-22(24)26)23(27)19(4)28-21-13-17(2)8-9-18(21)3/h5-9,12-13,19H,10-11,14-15H2,1-4H3. The fourth-order valence-electron chi connectivity index (χ4n) is 3.43. The molecular formula is C23H28N2O3. The van der Waals surface area contributed by atoms with Crippen LogP contribution < -0.4 is 4.74 Å². The Morgan fingerprint density at radius 1 is 1.07 bits per heavy atom. The van der Waals surface area contributed by atoms with Gasteiger partial charge in [-0.05, 0) is 50.5 Å². The summed E-state index contributed by atoms with van der Waals surface area (Å²) in [5.41, 5.74) is 4.36. The molecule has 148 valence electrons. The first-order chi connectivity index (χ1) is 13.3. The number of hydrogen-bond donors (Lipinski definition) is 0. The van der Waals surface area contributed by atoms with Crippen molar-refractivity contribution in [2.24, 2.45) is 0 Å². The summed E-state index contributed by atoms with van der Waals surface area (Å²) >= 11 is 0. The molecule has 0 saturated carbocycles. The number of nitrogens with zero attached hydrogens (tertiary/aromatic N) is 2. The highest BCUT2D eigenvalue weighted by Gasteiger charge is 2.30. The summed E-state index contributed by atoms with van der Waals surface area (Å²) in [7, 11) is 0. The van der Waals surface area contributed by atoms with Gasteiger partial charge >= 0.3 is 0 Å². The number of amides is 2. The fraction of sp³-hybridized carbons (Fsp3) is 0.391. The minimum atomic E-state index is -0.628. The van der Waals surface area contributed by atoms with Crippen LogP contribution in [0.3, 0.4) is 0 Å². The molecule has 1 atom stereocenters. The van der Waals surface area contributed by atoms with Crippen LogP contribution in [0.15, 0.2) is 42.5 Å². The summed E-state index contributed by atoms with van der Waals surface area (Å²) in [5, 5.41) is 0. The molecule has 2 amide bonds. The molecule has 2 aromatic rings. The van der Waals surface area contributed by atoms with E-state index in [1.807, 2.05) is 62.1 Å². The SMILES string of the molecule is Cc1cccc(CN2CCN(C(=O)C(C)Oc3cc(C)ccc3C)CC2=O)c1. The van der Waals surface area contributed by atoms with Gasteiger partial charge in [0.1, 0.15) is 5.75 Å². The van der Waals surface area contributed by atoms with Crippen LogP contribution >= 0.6 is 0 Å². The Morgan fingerprint density at radius 2 is 1.82 bits per heavy atom. The molecule has 0 bridgehead atoms. The van der Waals surface area contributed by atoms with Gasteiger partial charge in [0.15, 0.2) is 6.10 Å².